The molecule has 0 bridgehead atoms. The molecule has 0 aliphatic rings. The van der Waals surface area contributed by atoms with Gasteiger partial charge in [-0.3, -0.25) is 0 Å². The van der Waals surface area contributed by atoms with Crippen LogP contribution in [0.3, 0.4) is 0 Å². The monoisotopic (exact) mass is 320 g/mol. The Kier molecular flexibility index (Phi) is 5.41. The van der Waals surface area contributed by atoms with Gasteiger partial charge in [-0.15, -0.1) is 0 Å². The van der Waals surface area contributed by atoms with Gasteiger partial charge in [-0.05, 0) is 30.3 Å². The van der Waals surface area contributed by atoms with Gasteiger partial charge >= 0.3 is 5.97 Å². The number of halogens is 1. The Morgan fingerprint density at radius 3 is 2.13 bits per heavy atom. The van der Waals surface area contributed by atoms with Crippen LogP contribution in [0.25, 0.3) is 0 Å². The van der Waals surface area contributed by atoms with E-state index >= 15 is 0 Å². The van der Waals surface area contributed by atoms with Crippen molar-refractivity contribution in [1.82, 2.24) is 0 Å². The summed E-state index contributed by atoms with van der Waals surface area (Å²) in [7, 11) is 4.35. The lowest BCUT2D eigenvalue weighted by Crippen LogP contribution is -2.09. The average Bonchev–Trinajstić information content (AvgIpc) is 2.58. The molecule has 2 rings (SSSR count). The molecule has 6 heteroatoms. The number of benzene rings is 2. The van der Waals surface area contributed by atoms with Gasteiger partial charge < -0.3 is 18.9 Å². The Bertz CT molecular complexity index is 677. The number of hydrogen-bond donors (Lipinski definition) is 0. The molecule has 0 spiro atoms. The van der Waals surface area contributed by atoms with Crippen molar-refractivity contribution >= 4 is 5.97 Å². The Balaban J connectivity index is 2.22. The predicted octanol–water partition coefficient (Wildman–Crippen LogP) is 3.21. The summed E-state index contributed by atoms with van der Waals surface area (Å²) in [6.07, 6.45) is 0. The maximum Gasteiger partial charge on any atom is 0.346 e. The molecule has 0 aromatic heterocycles. The van der Waals surface area contributed by atoms with Crippen LogP contribution in [0.4, 0.5) is 4.39 Å². The van der Waals surface area contributed by atoms with Crippen molar-refractivity contribution in [2.45, 2.75) is 6.61 Å². The lowest BCUT2D eigenvalue weighted by molar-refractivity contribution is 0.0462. The van der Waals surface area contributed by atoms with Crippen LogP contribution in [0.2, 0.25) is 0 Å². The van der Waals surface area contributed by atoms with Gasteiger partial charge in [0.2, 0.25) is 0 Å². The van der Waals surface area contributed by atoms with E-state index in [-0.39, 0.29) is 12.2 Å². The highest BCUT2D eigenvalue weighted by Gasteiger charge is 2.20. The first-order valence-electron chi connectivity index (χ1n) is 6.81. The Labute approximate surface area is 133 Å². The fraction of sp³-hybridized carbons (Fsp3) is 0.235. The highest BCUT2D eigenvalue weighted by Crippen LogP contribution is 2.29. The summed E-state index contributed by atoms with van der Waals surface area (Å²) in [6, 6.07) is 8.95. The highest BCUT2D eigenvalue weighted by atomic mass is 19.1. The van der Waals surface area contributed by atoms with E-state index in [1.807, 2.05) is 0 Å². The Morgan fingerprint density at radius 1 is 0.957 bits per heavy atom. The number of methoxy groups -OCH3 is 3. The van der Waals surface area contributed by atoms with Crippen LogP contribution in [0.5, 0.6) is 17.2 Å². The first-order chi connectivity index (χ1) is 11.1. The molecule has 0 fully saturated rings. The molecule has 0 heterocycles. The zero-order valence-corrected chi connectivity index (χ0v) is 13.1. The van der Waals surface area contributed by atoms with Crippen molar-refractivity contribution in [2.75, 3.05) is 21.3 Å². The van der Waals surface area contributed by atoms with Crippen molar-refractivity contribution in [3.8, 4) is 17.2 Å². The molecule has 122 valence electrons. The second kappa shape index (κ2) is 7.49. The lowest BCUT2D eigenvalue weighted by Gasteiger charge is -2.13. The van der Waals surface area contributed by atoms with E-state index in [1.54, 1.807) is 18.2 Å². The lowest BCUT2D eigenvalue weighted by atomic mass is 10.1. The summed E-state index contributed by atoms with van der Waals surface area (Å²) >= 11 is 0. The molecule has 0 radical (unpaired) electrons. The first-order valence-corrected chi connectivity index (χ1v) is 6.81. The molecular weight excluding hydrogens is 303 g/mol. The standard InChI is InChI=1S/C17H17FO5/c1-20-13-8-7-12(18)9-11(13)10-23-17(19)16-14(21-2)5-4-6-15(16)22-3/h4-9H,10H2,1-3H3. The third-order valence-corrected chi connectivity index (χ3v) is 3.23. The molecule has 2 aromatic carbocycles. The van der Waals surface area contributed by atoms with Crippen LogP contribution in [0.1, 0.15) is 15.9 Å². The predicted molar refractivity (Wildman–Crippen MR) is 81.6 cm³/mol. The van der Waals surface area contributed by atoms with Gasteiger partial charge in [0.15, 0.2) is 0 Å². The maximum absolute atomic E-state index is 13.3. The number of carbonyl (C=O) groups excluding carboxylic acids is 1. The number of rotatable bonds is 6. The molecule has 0 N–H and O–H groups in total. The Morgan fingerprint density at radius 2 is 1.57 bits per heavy atom. The number of esters is 1. The molecule has 0 aliphatic carbocycles. The summed E-state index contributed by atoms with van der Waals surface area (Å²) < 4.78 is 34.0. The average molecular weight is 320 g/mol. The number of hydrogen-bond acceptors (Lipinski definition) is 5. The second-order valence-corrected chi connectivity index (χ2v) is 4.57. The van der Waals surface area contributed by atoms with Crippen LogP contribution >= 0.6 is 0 Å². The molecular formula is C17H17FO5. The normalized spacial score (nSPS) is 10.1. The maximum atomic E-state index is 13.3. The summed E-state index contributed by atoms with van der Waals surface area (Å²) in [6.45, 7) is -0.138. The summed E-state index contributed by atoms with van der Waals surface area (Å²) in [5.74, 6) is 0.0321. The molecule has 0 unspecified atom stereocenters. The SMILES string of the molecule is COc1ccc(F)cc1COC(=O)c1c(OC)cccc1OC. The summed E-state index contributed by atoms with van der Waals surface area (Å²) in [4.78, 5) is 12.3. The van der Waals surface area contributed by atoms with E-state index in [2.05, 4.69) is 0 Å². The van der Waals surface area contributed by atoms with Crippen molar-refractivity contribution in [2.24, 2.45) is 0 Å². The van der Waals surface area contributed by atoms with Crippen molar-refractivity contribution < 1.29 is 28.1 Å². The first kappa shape index (κ1) is 16.6. The van der Waals surface area contributed by atoms with Crippen LogP contribution < -0.4 is 14.2 Å². The van der Waals surface area contributed by atoms with Crippen LogP contribution in [-0.4, -0.2) is 27.3 Å². The highest BCUT2D eigenvalue weighted by molar-refractivity contribution is 5.95. The van der Waals surface area contributed by atoms with Gasteiger partial charge in [-0.1, -0.05) is 6.07 Å². The zero-order chi connectivity index (χ0) is 16.8. The van der Waals surface area contributed by atoms with Crippen LogP contribution in [-0.2, 0) is 11.3 Å². The minimum Gasteiger partial charge on any atom is -0.496 e. The van der Waals surface area contributed by atoms with Crippen molar-refractivity contribution in [1.29, 1.82) is 0 Å². The fourth-order valence-corrected chi connectivity index (χ4v) is 2.13. The van der Waals surface area contributed by atoms with Crippen LogP contribution in [0.15, 0.2) is 36.4 Å². The fourth-order valence-electron chi connectivity index (χ4n) is 2.13. The minimum atomic E-state index is -0.634. The van der Waals surface area contributed by atoms with Crippen molar-refractivity contribution in [3.05, 3.63) is 53.3 Å². The van der Waals surface area contributed by atoms with Gasteiger partial charge in [-0.2, -0.15) is 0 Å². The van der Waals surface area contributed by atoms with Gasteiger partial charge in [0.05, 0.1) is 21.3 Å². The molecule has 0 aliphatic heterocycles. The van der Waals surface area contributed by atoms with E-state index in [1.165, 1.54) is 39.5 Å². The van der Waals surface area contributed by atoms with E-state index in [0.29, 0.717) is 22.8 Å². The van der Waals surface area contributed by atoms with Gasteiger partial charge in [0.1, 0.15) is 35.2 Å². The summed E-state index contributed by atoms with van der Waals surface area (Å²) in [5, 5.41) is 0. The molecule has 23 heavy (non-hydrogen) atoms. The Hall–Kier alpha value is -2.76. The largest absolute Gasteiger partial charge is 0.496 e. The zero-order valence-electron chi connectivity index (χ0n) is 13.1. The molecule has 2 aromatic rings. The third-order valence-electron chi connectivity index (χ3n) is 3.23. The summed E-state index contributed by atoms with van der Waals surface area (Å²) in [5.41, 5.74) is 0.600. The minimum absolute atomic E-state index is 0.138. The van der Waals surface area contributed by atoms with E-state index < -0.39 is 11.8 Å². The van der Waals surface area contributed by atoms with Gasteiger partial charge in [0.25, 0.3) is 0 Å². The van der Waals surface area contributed by atoms with E-state index in [4.69, 9.17) is 18.9 Å². The molecule has 0 atom stereocenters. The quantitative estimate of drug-likeness (QED) is 0.765. The van der Waals surface area contributed by atoms with Gasteiger partial charge in [-0.25, -0.2) is 9.18 Å². The van der Waals surface area contributed by atoms with E-state index in [0.717, 1.165) is 0 Å². The topological polar surface area (TPSA) is 54.0 Å². The smallest absolute Gasteiger partial charge is 0.346 e. The second-order valence-electron chi connectivity index (χ2n) is 4.57. The molecule has 5 nitrogen and oxygen atoms in total. The molecule has 0 saturated heterocycles. The number of ether oxygens (including phenoxy) is 4. The third kappa shape index (κ3) is 3.71. The van der Waals surface area contributed by atoms with E-state index in [9.17, 15) is 9.18 Å². The van der Waals surface area contributed by atoms with Crippen molar-refractivity contribution in [3.63, 3.8) is 0 Å². The number of carbonyl (C=O) groups is 1. The van der Waals surface area contributed by atoms with Gasteiger partial charge in [0, 0.05) is 5.56 Å². The molecule has 0 saturated carbocycles. The van der Waals surface area contributed by atoms with Crippen LogP contribution in [0, 0.1) is 5.82 Å². The molecule has 0 amide bonds.